The maximum atomic E-state index is 12.4. The molecule has 0 aliphatic heterocycles. The Morgan fingerprint density at radius 1 is 0.850 bits per heavy atom. The summed E-state index contributed by atoms with van der Waals surface area (Å²) in [6.07, 6.45) is 12.6. The van der Waals surface area contributed by atoms with Gasteiger partial charge in [0.2, 0.25) is 0 Å². The summed E-state index contributed by atoms with van der Waals surface area (Å²) in [6, 6.07) is 26.0. The molecule has 0 bridgehead atoms. The van der Waals surface area contributed by atoms with Crippen molar-refractivity contribution in [2.45, 2.75) is 93.6 Å². The summed E-state index contributed by atoms with van der Waals surface area (Å²) in [5.41, 5.74) is 5.78. The van der Waals surface area contributed by atoms with Gasteiger partial charge in [-0.2, -0.15) is 0 Å². The Morgan fingerprint density at radius 2 is 1.50 bits per heavy atom. The Labute approximate surface area is 244 Å². The van der Waals surface area contributed by atoms with Crippen LogP contribution in [-0.2, 0) is 4.79 Å². The van der Waals surface area contributed by atoms with Crippen LogP contribution in [-0.4, -0.2) is 23.5 Å². The molecule has 212 valence electrons. The van der Waals surface area contributed by atoms with Gasteiger partial charge in [-0.3, -0.25) is 9.59 Å². The van der Waals surface area contributed by atoms with E-state index < -0.39 is 5.97 Å². The summed E-state index contributed by atoms with van der Waals surface area (Å²) in [6.45, 7) is 2.37. The maximum absolute atomic E-state index is 12.4. The van der Waals surface area contributed by atoms with Crippen molar-refractivity contribution in [3.8, 4) is 11.1 Å². The van der Waals surface area contributed by atoms with Crippen LogP contribution in [0.2, 0.25) is 0 Å². The highest BCUT2D eigenvalue weighted by Gasteiger charge is 2.17. The summed E-state index contributed by atoms with van der Waals surface area (Å²) < 4.78 is 0. The van der Waals surface area contributed by atoms with Crippen LogP contribution in [0.5, 0.6) is 0 Å². The largest absolute Gasteiger partial charge is 0.481 e. The van der Waals surface area contributed by atoms with Crippen molar-refractivity contribution in [1.82, 2.24) is 5.32 Å². The molecule has 1 atom stereocenters. The zero-order chi connectivity index (χ0) is 28.2. The molecule has 0 aromatic heterocycles. The minimum Gasteiger partial charge on any atom is -0.481 e. The molecule has 0 saturated heterocycles. The van der Waals surface area contributed by atoms with E-state index in [0.29, 0.717) is 10.8 Å². The zero-order valence-electron chi connectivity index (χ0n) is 23.7. The van der Waals surface area contributed by atoms with Gasteiger partial charge >= 0.3 is 5.97 Å². The minimum absolute atomic E-state index is 0.0785. The number of thioether (sulfide) groups is 1. The molecule has 1 aliphatic carbocycles. The van der Waals surface area contributed by atoms with Gasteiger partial charge in [0.25, 0.3) is 5.91 Å². The Morgan fingerprint density at radius 3 is 2.12 bits per heavy atom. The fourth-order valence-corrected chi connectivity index (χ4v) is 6.76. The lowest BCUT2D eigenvalue weighted by molar-refractivity contribution is -0.136. The number of benzene rings is 3. The van der Waals surface area contributed by atoms with E-state index in [0.717, 1.165) is 12.3 Å². The summed E-state index contributed by atoms with van der Waals surface area (Å²) in [4.78, 5) is 24.3. The van der Waals surface area contributed by atoms with Crippen molar-refractivity contribution in [2.24, 2.45) is 0 Å². The lowest BCUT2D eigenvalue weighted by Crippen LogP contribution is -2.25. The molecule has 0 spiro atoms. The van der Waals surface area contributed by atoms with Crippen molar-refractivity contribution in [1.29, 1.82) is 0 Å². The third-order valence-corrected chi connectivity index (χ3v) is 9.28. The highest BCUT2D eigenvalue weighted by atomic mass is 32.2. The van der Waals surface area contributed by atoms with Crippen LogP contribution in [0.15, 0.2) is 77.7 Å². The van der Waals surface area contributed by atoms with Crippen molar-refractivity contribution < 1.29 is 14.7 Å². The molecule has 1 amide bonds. The molecule has 4 rings (SSSR count). The van der Waals surface area contributed by atoms with Crippen LogP contribution in [0.4, 0.5) is 0 Å². The summed E-state index contributed by atoms with van der Waals surface area (Å²) >= 11 is 1.89. The average Bonchev–Trinajstić information content (AvgIpc) is 2.99. The first kappa shape index (κ1) is 29.9. The second-order valence-electron chi connectivity index (χ2n) is 11.0. The van der Waals surface area contributed by atoms with E-state index in [2.05, 4.69) is 60.8 Å². The first-order valence-electron chi connectivity index (χ1n) is 15.0. The number of unbranched alkanes of at least 4 members (excludes halogenated alkanes) is 3. The first-order chi connectivity index (χ1) is 19.5. The number of aliphatic carboxylic acids is 1. The van der Waals surface area contributed by atoms with Crippen LogP contribution in [0, 0.1) is 0 Å². The van der Waals surface area contributed by atoms with E-state index in [-0.39, 0.29) is 18.9 Å². The van der Waals surface area contributed by atoms with Gasteiger partial charge in [0.1, 0.15) is 0 Å². The predicted molar refractivity (Wildman–Crippen MR) is 166 cm³/mol. The Bertz CT molecular complexity index is 1200. The third kappa shape index (κ3) is 8.99. The lowest BCUT2D eigenvalue weighted by atomic mass is 9.84. The smallest absolute Gasteiger partial charge is 0.305 e. The van der Waals surface area contributed by atoms with Gasteiger partial charge in [0.15, 0.2) is 0 Å². The number of nitrogens with one attached hydrogen (secondary N) is 1. The van der Waals surface area contributed by atoms with Crippen molar-refractivity contribution in [3.05, 3.63) is 89.5 Å². The molecule has 0 heterocycles. The number of carbonyl (C=O) groups excluding carboxylic acids is 1. The van der Waals surface area contributed by atoms with Crippen LogP contribution in [0.1, 0.15) is 110 Å². The van der Waals surface area contributed by atoms with E-state index in [1.54, 1.807) is 0 Å². The number of carboxylic acid groups (broad SMARTS) is 1. The van der Waals surface area contributed by atoms with Crippen molar-refractivity contribution in [2.75, 3.05) is 6.54 Å². The maximum Gasteiger partial charge on any atom is 0.305 e. The monoisotopic (exact) mass is 557 g/mol. The SMILES string of the molecule is CCCCCCC(Sc1ccc(-c2ccc(C3CCCCC3)cc2)cc1)c1ccc(C(=O)NCCC(=O)O)cc1. The molecule has 4 nitrogen and oxygen atoms in total. The zero-order valence-corrected chi connectivity index (χ0v) is 24.6. The van der Waals surface area contributed by atoms with Gasteiger partial charge in [-0.1, -0.05) is 100 Å². The van der Waals surface area contributed by atoms with E-state index >= 15 is 0 Å². The summed E-state index contributed by atoms with van der Waals surface area (Å²) in [5.74, 6) is -0.419. The van der Waals surface area contributed by atoms with Crippen LogP contribution >= 0.6 is 11.8 Å². The van der Waals surface area contributed by atoms with Crippen LogP contribution in [0.25, 0.3) is 11.1 Å². The van der Waals surface area contributed by atoms with Crippen molar-refractivity contribution >= 4 is 23.6 Å². The molecular weight excluding hydrogens is 514 g/mol. The molecule has 0 radical (unpaired) electrons. The topological polar surface area (TPSA) is 66.4 Å². The fourth-order valence-electron chi connectivity index (χ4n) is 5.56. The standard InChI is InChI=1S/C35H43NO3S/c1-2-3-4-8-11-33(30-16-18-31(19-17-30)35(39)36-25-24-34(37)38)40-32-22-20-29(21-23-32)28-14-12-27(13-15-28)26-9-6-5-7-10-26/h12-23,26,33H,2-11,24-25H2,1H3,(H,36,39)(H,37,38). The molecule has 1 unspecified atom stereocenters. The van der Waals surface area contributed by atoms with Gasteiger partial charge in [0, 0.05) is 22.3 Å². The summed E-state index contributed by atoms with van der Waals surface area (Å²) in [7, 11) is 0. The van der Waals surface area contributed by atoms with E-state index in [9.17, 15) is 9.59 Å². The molecule has 3 aromatic carbocycles. The molecule has 3 aromatic rings. The van der Waals surface area contributed by atoms with Gasteiger partial charge in [-0.15, -0.1) is 11.8 Å². The summed E-state index contributed by atoms with van der Waals surface area (Å²) in [5, 5.41) is 11.8. The Kier molecular flexibility index (Phi) is 11.7. The highest BCUT2D eigenvalue weighted by molar-refractivity contribution is 7.99. The van der Waals surface area contributed by atoms with E-state index in [4.69, 9.17) is 5.11 Å². The average molecular weight is 558 g/mol. The number of hydrogen-bond donors (Lipinski definition) is 2. The number of rotatable bonds is 14. The molecule has 40 heavy (non-hydrogen) atoms. The molecule has 1 aliphatic rings. The van der Waals surface area contributed by atoms with Gasteiger partial charge in [-0.05, 0) is 71.7 Å². The molecule has 1 saturated carbocycles. The van der Waals surface area contributed by atoms with Crippen LogP contribution < -0.4 is 5.32 Å². The third-order valence-electron chi connectivity index (χ3n) is 7.94. The predicted octanol–water partition coefficient (Wildman–Crippen LogP) is 9.41. The van der Waals surface area contributed by atoms with Gasteiger partial charge in [-0.25, -0.2) is 0 Å². The Hall–Kier alpha value is -3.05. The number of hydrogen-bond acceptors (Lipinski definition) is 3. The molecule has 2 N–H and O–H groups in total. The van der Waals surface area contributed by atoms with Crippen LogP contribution in [0.3, 0.4) is 0 Å². The molecular formula is C35H43NO3S. The number of carboxylic acids is 1. The van der Waals surface area contributed by atoms with E-state index in [1.807, 2.05) is 36.0 Å². The lowest BCUT2D eigenvalue weighted by Gasteiger charge is -2.22. The van der Waals surface area contributed by atoms with Crippen molar-refractivity contribution in [3.63, 3.8) is 0 Å². The van der Waals surface area contributed by atoms with Gasteiger partial charge in [0.05, 0.1) is 6.42 Å². The fraction of sp³-hybridized carbons (Fsp3) is 0.429. The number of amides is 1. The normalized spacial score (nSPS) is 14.5. The molecule has 5 heteroatoms. The number of carbonyl (C=O) groups is 2. The minimum atomic E-state index is -0.917. The highest BCUT2D eigenvalue weighted by Crippen LogP contribution is 2.40. The Balaban J connectivity index is 1.40. The first-order valence-corrected chi connectivity index (χ1v) is 15.9. The quantitative estimate of drug-likeness (QED) is 0.153. The second kappa shape index (κ2) is 15.7. The van der Waals surface area contributed by atoms with Gasteiger partial charge < -0.3 is 10.4 Å². The molecule has 1 fully saturated rings. The second-order valence-corrected chi connectivity index (χ2v) is 12.2. The van der Waals surface area contributed by atoms with E-state index in [1.165, 1.54) is 84.9 Å².